The average molecular weight is 621 g/mol. The van der Waals surface area contributed by atoms with E-state index in [0.717, 1.165) is 0 Å². The number of ether oxygens (including phenoxy) is 3. The van der Waals surface area contributed by atoms with Crippen LogP contribution in [0.25, 0.3) is 0 Å². The highest BCUT2D eigenvalue weighted by Crippen LogP contribution is 2.33. The van der Waals surface area contributed by atoms with Gasteiger partial charge in [0.1, 0.15) is 11.5 Å². The quantitative estimate of drug-likeness (QED) is 0.214. The third kappa shape index (κ3) is 7.22. The summed E-state index contributed by atoms with van der Waals surface area (Å²) in [6.45, 7) is 1.97. The SMILES string of the molecule is CCOc1cc(/C=N\NC(=O)c2cc(Br)c(O)c(Br)c2)ccc1OCC(=O)Nc1ccccc1OC. The van der Waals surface area contributed by atoms with Crippen molar-refractivity contribution in [3.63, 3.8) is 0 Å². The molecule has 3 aromatic carbocycles. The Bertz CT molecular complexity index is 1260. The van der Waals surface area contributed by atoms with Crippen LogP contribution in [0.2, 0.25) is 0 Å². The Morgan fingerprint density at radius 1 is 1.00 bits per heavy atom. The smallest absolute Gasteiger partial charge is 0.271 e. The van der Waals surface area contributed by atoms with Crippen molar-refractivity contribution in [2.24, 2.45) is 5.10 Å². The number of phenols is 1. The van der Waals surface area contributed by atoms with Crippen LogP contribution in [0, 0.1) is 0 Å². The fraction of sp³-hybridized carbons (Fsp3) is 0.160. The summed E-state index contributed by atoms with van der Waals surface area (Å²) < 4.78 is 17.3. The van der Waals surface area contributed by atoms with Crippen molar-refractivity contribution in [3.05, 3.63) is 74.7 Å². The number of methoxy groups -OCH3 is 1. The minimum Gasteiger partial charge on any atom is -0.506 e. The standard InChI is InChI=1S/C25H23Br2N3O6/c1-3-35-22-10-15(13-28-30-25(33)16-11-17(26)24(32)18(27)12-16)8-9-21(22)36-14-23(31)29-19-6-4-5-7-20(19)34-2/h4-13,32H,3,14H2,1-2H3,(H,29,31)(H,30,33)/b28-13-. The first-order valence-electron chi connectivity index (χ1n) is 10.7. The topological polar surface area (TPSA) is 118 Å². The summed E-state index contributed by atoms with van der Waals surface area (Å²) in [5.41, 5.74) is 3.91. The Hall–Kier alpha value is -3.57. The van der Waals surface area contributed by atoms with E-state index < -0.39 is 5.91 Å². The fourth-order valence-electron chi connectivity index (χ4n) is 3.00. The number of hydrazone groups is 1. The van der Waals surface area contributed by atoms with Crippen LogP contribution in [0.15, 0.2) is 68.6 Å². The number of halogens is 2. The molecule has 3 N–H and O–H groups in total. The highest BCUT2D eigenvalue weighted by Gasteiger charge is 2.13. The molecular weight excluding hydrogens is 598 g/mol. The zero-order valence-corrected chi connectivity index (χ0v) is 22.6. The number of phenolic OH excluding ortho intramolecular Hbond substituents is 1. The van der Waals surface area contributed by atoms with Gasteiger partial charge in [0.05, 0.1) is 34.6 Å². The Kier molecular flexibility index (Phi) is 9.71. The van der Waals surface area contributed by atoms with Crippen LogP contribution in [-0.2, 0) is 4.79 Å². The van der Waals surface area contributed by atoms with Gasteiger partial charge >= 0.3 is 0 Å². The third-order valence-electron chi connectivity index (χ3n) is 4.67. The molecule has 3 rings (SSSR count). The summed E-state index contributed by atoms with van der Waals surface area (Å²) in [6, 6.07) is 15.1. The predicted molar refractivity (Wildman–Crippen MR) is 143 cm³/mol. The van der Waals surface area contributed by atoms with E-state index in [0.29, 0.717) is 49.6 Å². The highest BCUT2D eigenvalue weighted by molar-refractivity contribution is 9.11. The number of para-hydroxylation sites is 2. The van der Waals surface area contributed by atoms with Gasteiger partial charge in [0, 0.05) is 5.56 Å². The maximum absolute atomic E-state index is 12.4. The Morgan fingerprint density at radius 2 is 1.72 bits per heavy atom. The fourth-order valence-corrected chi connectivity index (χ4v) is 4.18. The van der Waals surface area contributed by atoms with Crippen LogP contribution in [0.1, 0.15) is 22.8 Å². The molecule has 0 aliphatic heterocycles. The molecule has 3 aromatic rings. The van der Waals surface area contributed by atoms with Crippen molar-refractivity contribution < 1.29 is 28.9 Å². The van der Waals surface area contributed by atoms with Gasteiger partial charge in [-0.15, -0.1) is 0 Å². The van der Waals surface area contributed by atoms with E-state index in [9.17, 15) is 14.7 Å². The molecule has 0 unspecified atom stereocenters. The first-order chi connectivity index (χ1) is 17.3. The number of hydrogen-bond acceptors (Lipinski definition) is 7. The van der Waals surface area contributed by atoms with E-state index in [1.54, 1.807) is 42.5 Å². The molecule has 0 saturated carbocycles. The van der Waals surface area contributed by atoms with Gasteiger partial charge in [-0.2, -0.15) is 5.10 Å². The molecule has 36 heavy (non-hydrogen) atoms. The second-order valence-corrected chi connectivity index (χ2v) is 8.87. The average Bonchev–Trinajstić information content (AvgIpc) is 2.87. The molecule has 0 atom stereocenters. The number of nitrogens with zero attached hydrogens (tertiary/aromatic N) is 1. The molecule has 0 spiro atoms. The van der Waals surface area contributed by atoms with Crippen molar-refractivity contribution in [1.29, 1.82) is 0 Å². The Labute approximate surface area is 224 Å². The summed E-state index contributed by atoms with van der Waals surface area (Å²) in [7, 11) is 1.53. The molecule has 0 fully saturated rings. The van der Waals surface area contributed by atoms with Crippen LogP contribution < -0.4 is 25.0 Å². The van der Waals surface area contributed by atoms with Crippen LogP contribution >= 0.6 is 31.9 Å². The lowest BCUT2D eigenvalue weighted by molar-refractivity contribution is -0.118. The second kappa shape index (κ2) is 12.9. The third-order valence-corrected chi connectivity index (χ3v) is 5.88. The number of nitrogens with one attached hydrogen (secondary N) is 2. The number of carbonyl (C=O) groups excluding carboxylic acids is 2. The van der Waals surface area contributed by atoms with E-state index in [1.807, 2.05) is 6.92 Å². The number of hydrogen-bond donors (Lipinski definition) is 3. The number of rotatable bonds is 10. The van der Waals surface area contributed by atoms with E-state index in [2.05, 4.69) is 47.7 Å². The van der Waals surface area contributed by atoms with Gasteiger partial charge < -0.3 is 24.6 Å². The van der Waals surface area contributed by atoms with Gasteiger partial charge in [0.2, 0.25) is 0 Å². The van der Waals surface area contributed by atoms with Gasteiger partial charge in [-0.3, -0.25) is 9.59 Å². The normalized spacial score (nSPS) is 10.7. The summed E-state index contributed by atoms with van der Waals surface area (Å²) in [6.07, 6.45) is 1.45. The van der Waals surface area contributed by atoms with Crippen LogP contribution in [0.3, 0.4) is 0 Å². The van der Waals surface area contributed by atoms with Gasteiger partial charge in [-0.25, -0.2) is 5.43 Å². The largest absolute Gasteiger partial charge is 0.506 e. The molecule has 9 nitrogen and oxygen atoms in total. The number of aromatic hydroxyl groups is 1. The highest BCUT2D eigenvalue weighted by atomic mass is 79.9. The van der Waals surface area contributed by atoms with E-state index in [-0.39, 0.29) is 18.3 Å². The van der Waals surface area contributed by atoms with E-state index >= 15 is 0 Å². The van der Waals surface area contributed by atoms with E-state index in [1.165, 1.54) is 25.5 Å². The Morgan fingerprint density at radius 3 is 2.42 bits per heavy atom. The summed E-state index contributed by atoms with van der Waals surface area (Å²) >= 11 is 6.38. The second-order valence-electron chi connectivity index (χ2n) is 7.16. The van der Waals surface area contributed by atoms with Gasteiger partial charge in [-0.05, 0) is 86.8 Å². The minimum atomic E-state index is -0.460. The molecular formula is C25H23Br2N3O6. The molecule has 0 heterocycles. The van der Waals surface area contributed by atoms with Gasteiger partial charge in [-0.1, -0.05) is 12.1 Å². The molecule has 0 saturated heterocycles. The first kappa shape index (κ1) is 27.0. The van der Waals surface area contributed by atoms with E-state index in [4.69, 9.17) is 14.2 Å². The Balaban J connectivity index is 1.63. The maximum atomic E-state index is 12.4. The zero-order chi connectivity index (χ0) is 26.1. The minimum absolute atomic E-state index is 0.00177. The van der Waals surface area contributed by atoms with Crippen LogP contribution in [0.5, 0.6) is 23.0 Å². The van der Waals surface area contributed by atoms with Crippen LogP contribution in [-0.4, -0.2) is 43.5 Å². The van der Waals surface area contributed by atoms with Crippen molar-refractivity contribution in [2.75, 3.05) is 25.6 Å². The molecule has 2 amide bonds. The maximum Gasteiger partial charge on any atom is 0.271 e. The number of carbonyl (C=O) groups is 2. The monoisotopic (exact) mass is 619 g/mol. The molecule has 0 radical (unpaired) electrons. The summed E-state index contributed by atoms with van der Waals surface area (Å²) in [4.78, 5) is 24.7. The molecule has 0 aliphatic rings. The van der Waals surface area contributed by atoms with Crippen molar-refractivity contribution >= 4 is 55.6 Å². The van der Waals surface area contributed by atoms with Crippen molar-refractivity contribution in [3.8, 4) is 23.0 Å². The summed E-state index contributed by atoms with van der Waals surface area (Å²) in [5.74, 6) is 0.526. The van der Waals surface area contributed by atoms with Crippen molar-refractivity contribution in [2.45, 2.75) is 6.92 Å². The van der Waals surface area contributed by atoms with Crippen molar-refractivity contribution in [1.82, 2.24) is 5.43 Å². The predicted octanol–water partition coefficient (Wildman–Crippen LogP) is 5.11. The van der Waals surface area contributed by atoms with Crippen LogP contribution in [0.4, 0.5) is 5.69 Å². The number of amides is 2. The lowest BCUT2D eigenvalue weighted by atomic mass is 10.2. The van der Waals surface area contributed by atoms with Gasteiger partial charge in [0.25, 0.3) is 11.8 Å². The lowest BCUT2D eigenvalue weighted by Crippen LogP contribution is -2.20. The lowest BCUT2D eigenvalue weighted by Gasteiger charge is -2.13. The zero-order valence-electron chi connectivity index (χ0n) is 19.4. The number of anilines is 1. The number of benzene rings is 3. The molecule has 0 aliphatic carbocycles. The molecule has 0 bridgehead atoms. The summed E-state index contributed by atoms with van der Waals surface area (Å²) in [5, 5.41) is 16.5. The molecule has 188 valence electrons. The first-order valence-corrected chi connectivity index (χ1v) is 12.2. The van der Waals surface area contributed by atoms with Gasteiger partial charge in [0.15, 0.2) is 18.1 Å². The molecule has 11 heteroatoms. The molecule has 0 aromatic heterocycles.